The van der Waals surface area contributed by atoms with Gasteiger partial charge in [0.15, 0.2) is 0 Å². The summed E-state index contributed by atoms with van der Waals surface area (Å²) in [5.74, 6) is -0.588. The van der Waals surface area contributed by atoms with Gasteiger partial charge in [0.1, 0.15) is 11.5 Å². The summed E-state index contributed by atoms with van der Waals surface area (Å²) in [6, 6.07) is 14.8. The number of anilines is 1. The average molecular weight is 293 g/mol. The number of carbonyl (C=O) groups excluding carboxylic acids is 1. The van der Waals surface area contributed by atoms with Gasteiger partial charge in [0, 0.05) is 23.6 Å². The SMILES string of the molecule is CN(C(=O)c1cc2ccc(F)cc2[nH]1)c1ccc(C#N)cc1. The van der Waals surface area contributed by atoms with Crippen molar-refractivity contribution < 1.29 is 9.18 Å². The Morgan fingerprint density at radius 3 is 2.59 bits per heavy atom. The fourth-order valence-electron chi connectivity index (χ4n) is 2.27. The molecule has 0 aliphatic heterocycles. The van der Waals surface area contributed by atoms with Crippen molar-refractivity contribution in [1.29, 1.82) is 5.26 Å². The molecule has 0 saturated heterocycles. The highest BCUT2D eigenvalue weighted by molar-refractivity contribution is 6.07. The van der Waals surface area contributed by atoms with E-state index in [4.69, 9.17) is 5.26 Å². The van der Waals surface area contributed by atoms with E-state index in [2.05, 4.69) is 4.98 Å². The number of fused-ring (bicyclic) bond motifs is 1. The lowest BCUT2D eigenvalue weighted by Crippen LogP contribution is -2.26. The maximum absolute atomic E-state index is 13.2. The number of carbonyl (C=O) groups is 1. The maximum atomic E-state index is 13.2. The largest absolute Gasteiger partial charge is 0.350 e. The fraction of sp³-hybridized carbons (Fsp3) is 0.0588. The second-order valence-electron chi connectivity index (χ2n) is 4.94. The number of aromatic amines is 1. The molecular weight excluding hydrogens is 281 g/mol. The van der Waals surface area contributed by atoms with Gasteiger partial charge >= 0.3 is 0 Å². The Labute approximate surface area is 126 Å². The number of rotatable bonds is 2. The molecule has 3 aromatic rings. The zero-order chi connectivity index (χ0) is 15.7. The van der Waals surface area contributed by atoms with Crippen LogP contribution in [-0.2, 0) is 0 Å². The van der Waals surface area contributed by atoms with E-state index in [0.717, 1.165) is 5.39 Å². The number of hydrogen-bond acceptors (Lipinski definition) is 2. The highest BCUT2D eigenvalue weighted by Crippen LogP contribution is 2.20. The molecule has 0 fully saturated rings. The van der Waals surface area contributed by atoms with Crippen molar-refractivity contribution >= 4 is 22.5 Å². The summed E-state index contributed by atoms with van der Waals surface area (Å²) in [5.41, 5.74) is 2.17. The maximum Gasteiger partial charge on any atom is 0.274 e. The molecule has 22 heavy (non-hydrogen) atoms. The molecule has 1 heterocycles. The standard InChI is InChI=1S/C17H12FN3O/c1-21(14-6-2-11(10-19)3-7-14)17(22)16-8-12-4-5-13(18)9-15(12)20-16/h2-9,20H,1H3. The Balaban J connectivity index is 1.92. The van der Waals surface area contributed by atoms with Crippen LogP contribution in [0.15, 0.2) is 48.5 Å². The third kappa shape index (κ3) is 2.42. The highest BCUT2D eigenvalue weighted by Gasteiger charge is 2.16. The Kier molecular flexibility index (Phi) is 3.36. The van der Waals surface area contributed by atoms with E-state index < -0.39 is 0 Å². The monoisotopic (exact) mass is 293 g/mol. The molecule has 3 rings (SSSR count). The fourth-order valence-corrected chi connectivity index (χ4v) is 2.27. The van der Waals surface area contributed by atoms with E-state index in [9.17, 15) is 9.18 Å². The molecule has 108 valence electrons. The van der Waals surface area contributed by atoms with Gasteiger partial charge in [-0.1, -0.05) is 0 Å². The van der Waals surface area contributed by atoms with E-state index in [0.29, 0.717) is 22.5 Å². The van der Waals surface area contributed by atoms with Crippen LogP contribution in [0.1, 0.15) is 16.1 Å². The number of hydrogen-bond donors (Lipinski definition) is 1. The van der Waals surface area contributed by atoms with Crippen LogP contribution < -0.4 is 4.90 Å². The first-order valence-corrected chi connectivity index (χ1v) is 6.65. The second-order valence-corrected chi connectivity index (χ2v) is 4.94. The predicted octanol–water partition coefficient (Wildman–Crippen LogP) is 3.46. The summed E-state index contributed by atoms with van der Waals surface area (Å²) in [6.45, 7) is 0. The van der Waals surface area contributed by atoms with E-state index in [1.165, 1.54) is 17.0 Å². The lowest BCUT2D eigenvalue weighted by Gasteiger charge is -2.16. The number of aromatic nitrogens is 1. The molecule has 0 saturated carbocycles. The molecule has 5 heteroatoms. The van der Waals surface area contributed by atoms with Gasteiger partial charge in [-0.2, -0.15) is 5.26 Å². The number of benzene rings is 2. The quantitative estimate of drug-likeness (QED) is 0.786. The van der Waals surface area contributed by atoms with Crippen molar-refractivity contribution in [1.82, 2.24) is 4.98 Å². The van der Waals surface area contributed by atoms with Crippen LogP contribution in [0.25, 0.3) is 10.9 Å². The van der Waals surface area contributed by atoms with Gasteiger partial charge in [0.2, 0.25) is 0 Å². The number of nitrogens with zero attached hydrogens (tertiary/aromatic N) is 2. The molecule has 0 bridgehead atoms. The van der Waals surface area contributed by atoms with Crippen LogP contribution >= 0.6 is 0 Å². The zero-order valence-electron chi connectivity index (χ0n) is 11.8. The minimum atomic E-state index is -0.353. The normalized spacial score (nSPS) is 10.4. The van der Waals surface area contributed by atoms with Crippen LogP contribution in [0, 0.1) is 17.1 Å². The summed E-state index contributed by atoms with van der Waals surface area (Å²) in [4.78, 5) is 16.9. The average Bonchev–Trinajstić information content (AvgIpc) is 2.96. The van der Waals surface area contributed by atoms with Gasteiger partial charge in [0.25, 0.3) is 5.91 Å². The number of nitriles is 1. The Bertz CT molecular complexity index is 890. The summed E-state index contributed by atoms with van der Waals surface area (Å²) in [7, 11) is 1.65. The molecule has 0 atom stereocenters. The Morgan fingerprint density at radius 1 is 1.18 bits per heavy atom. The summed E-state index contributed by atoms with van der Waals surface area (Å²) in [6.07, 6.45) is 0. The van der Waals surface area contributed by atoms with E-state index in [-0.39, 0.29) is 11.7 Å². The van der Waals surface area contributed by atoms with Crippen LogP contribution in [0.4, 0.5) is 10.1 Å². The zero-order valence-corrected chi connectivity index (χ0v) is 11.8. The molecule has 0 unspecified atom stereocenters. The van der Waals surface area contributed by atoms with Crippen LogP contribution in [0.2, 0.25) is 0 Å². The molecule has 0 spiro atoms. The smallest absolute Gasteiger partial charge is 0.274 e. The molecule has 0 radical (unpaired) electrons. The van der Waals surface area contributed by atoms with Crippen molar-refractivity contribution in [3.8, 4) is 6.07 Å². The number of H-pyrrole nitrogens is 1. The first-order valence-electron chi connectivity index (χ1n) is 6.65. The Hall–Kier alpha value is -3.13. The van der Waals surface area contributed by atoms with Gasteiger partial charge < -0.3 is 9.88 Å². The highest BCUT2D eigenvalue weighted by atomic mass is 19.1. The second kappa shape index (κ2) is 5.34. The Morgan fingerprint density at radius 2 is 1.91 bits per heavy atom. The first kappa shape index (κ1) is 13.8. The van der Waals surface area contributed by atoms with Gasteiger partial charge in [-0.05, 0) is 48.5 Å². The van der Waals surface area contributed by atoms with E-state index in [1.807, 2.05) is 6.07 Å². The lowest BCUT2D eigenvalue weighted by atomic mass is 10.2. The molecule has 2 aromatic carbocycles. The molecule has 0 aliphatic rings. The topological polar surface area (TPSA) is 59.9 Å². The van der Waals surface area contributed by atoms with E-state index >= 15 is 0 Å². The third-order valence-corrected chi connectivity index (χ3v) is 3.50. The predicted molar refractivity (Wildman–Crippen MR) is 82.1 cm³/mol. The van der Waals surface area contributed by atoms with Crippen molar-refractivity contribution in [3.05, 3.63) is 65.6 Å². The van der Waals surface area contributed by atoms with Gasteiger partial charge in [-0.25, -0.2) is 4.39 Å². The number of amides is 1. The van der Waals surface area contributed by atoms with Gasteiger partial charge in [-0.3, -0.25) is 4.79 Å². The molecule has 4 nitrogen and oxygen atoms in total. The molecule has 1 N–H and O–H groups in total. The number of nitrogens with one attached hydrogen (secondary N) is 1. The van der Waals surface area contributed by atoms with Crippen molar-refractivity contribution in [2.45, 2.75) is 0 Å². The summed E-state index contributed by atoms with van der Waals surface area (Å²) in [5, 5.41) is 9.57. The van der Waals surface area contributed by atoms with E-state index in [1.54, 1.807) is 43.4 Å². The molecular formula is C17H12FN3O. The van der Waals surface area contributed by atoms with Gasteiger partial charge in [-0.15, -0.1) is 0 Å². The summed E-state index contributed by atoms with van der Waals surface area (Å²) < 4.78 is 13.2. The first-order chi connectivity index (χ1) is 10.6. The van der Waals surface area contributed by atoms with Gasteiger partial charge in [0.05, 0.1) is 11.6 Å². The van der Waals surface area contributed by atoms with Crippen molar-refractivity contribution in [2.24, 2.45) is 0 Å². The molecule has 0 aliphatic carbocycles. The van der Waals surface area contributed by atoms with Crippen LogP contribution in [0.3, 0.4) is 0 Å². The third-order valence-electron chi connectivity index (χ3n) is 3.50. The van der Waals surface area contributed by atoms with Crippen LogP contribution in [-0.4, -0.2) is 17.9 Å². The molecule has 1 aromatic heterocycles. The summed E-state index contributed by atoms with van der Waals surface area (Å²) >= 11 is 0. The van der Waals surface area contributed by atoms with Crippen molar-refractivity contribution in [2.75, 3.05) is 11.9 Å². The molecule has 1 amide bonds. The minimum Gasteiger partial charge on any atom is -0.350 e. The lowest BCUT2D eigenvalue weighted by molar-refractivity contribution is 0.0989. The van der Waals surface area contributed by atoms with Crippen molar-refractivity contribution in [3.63, 3.8) is 0 Å². The number of halogens is 1. The minimum absolute atomic E-state index is 0.235. The van der Waals surface area contributed by atoms with Crippen LogP contribution in [0.5, 0.6) is 0 Å².